The van der Waals surface area contributed by atoms with Crippen LogP contribution in [-0.2, 0) is 0 Å². The summed E-state index contributed by atoms with van der Waals surface area (Å²) in [4.78, 5) is 16.0. The molecule has 0 amide bonds. The maximum Gasteiger partial charge on any atom is 0.195 e. The first-order valence-corrected chi connectivity index (χ1v) is 8.15. The van der Waals surface area contributed by atoms with Gasteiger partial charge in [-0.15, -0.1) is 0 Å². The van der Waals surface area contributed by atoms with Crippen molar-refractivity contribution in [2.45, 2.75) is 38.1 Å². The van der Waals surface area contributed by atoms with Gasteiger partial charge >= 0.3 is 0 Å². The number of fused-ring (bicyclic) bond motifs is 1. The molecule has 2 aromatic rings. The Morgan fingerprint density at radius 2 is 2.00 bits per heavy atom. The molecule has 0 radical (unpaired) electrons. The number of piperidine rings is 1. The third-order valence-corrected chi connectivity index (χ3v) is 4.99. The van der Waals surface area contributed by atoms with Crippen LogP contribution in [0.4, 0.5) is 0 Å². The van der Waals surface area contributed by atoms with Crippen LogP contribution >= 0.6 is 0 Å². The molecule has 110 valence electrons. The third-order valence-electron chi connectivity index (χ3n) is 4.99. The first-order valence-electron chi connectivity index (χ1n) is 8.15. The van der Waals surface area contributed by atoms with Gasteiger partial charge in [-0.05, 0) is 49.8 Å². The van der Waals surface area contributed by atoms with E-state index in [0.717, 1.165) is 41.4 Å². The molecule has 3 nitrogen and oxygen atoms in total. The number of ketones is 1. The number of para-hydroxylation sites is 1. The van der Waals surface area contributed by atoms with Crippen LogP contribution < -0.4 is 5.32 Å². The van der Waals surface area contributed by atoms with Gasteiger partial charge < -0.3 is 10.3 Å². The summed E-state index contributed by atoms with van der Waals surface area (Å²) < 4.78 is 0. The van der Waals surface area contributed by atoms with Crippen LogP contribution in [-0.4, -0.2) is 23.4 Å². The molecular weight excluding hydrogens is 260 g/mol. The zero-order chi connectivity index (χ0) is 14.2. The Labute approximate surface area is 125 Å². The minimum absolute atomic E-state index is 0.00411. The summed E-state index contributed by atoms with van der Waals surface area (Å²) >= 11 is 0. The van der Waals surface area contributed by atoms with Gasteiger partial charge in [0.2, 0.25) is 0 Å². The lowest BCUT2D eigenvalue weighted by atomic mass is 9.86. The van der Waals surface area contributed by atoms with E-state index in [-0.39, 0.29) is 11.8 Å². The van der Waals surface area contributed by atoms with Crippen molar-refractivity contribution in [2.75, 3.05) is 6.54 Å². The SMILES string of the molecule is O=C(c1cc2ccccc2[nH]1)[C@@H]1C[C@H](CC2CC2)CCN1. The first kappa shape index (κ1) is 13.1. The second-order valence-corrected chi connectivity index (χ2v) is 6.71. The summed E-state index contributed by atoms with van der Waals surface area (Å²) in [6, 6.07) is 10.1. The molecule has 2 atom stereocenters. The molecule has 3 heteroatoms. The van der Waals surface area contributed by atoms with Crippen molar-refractivity contribution in [1.29, 1.82) is 0 Å². The van der Waals surface area contributed by atoms with Gasteiger partial charge in [-0.1, -0.05) is 31.0 Å². The lowest BCUT2D eigenvalue weighted by Crippen LogP contribution is -2.43. The van der Waals surface area contributed by atoms with Gasteiger partial charge in [-0.25, -0.2) is 0 Å². The summed E-state index contributed by atoms with van der Waals surface area (Å²) in [5.41, 5.74) is 1.80. The Balaban J connectivity index is 1.50. The highest BCUT2D eigenvalue weighted by Crippen LogP contribution is 2.38. The number of hydrogen-bond donors (Lipinski definition) is 2. The van der Waals surface area contributed by atoms with E-state index in [2.05, 4.69) is 10.3 Å². The number of carbonyl (C=O) groups excluding carboxylic acids is 1. The van der Waals surface area contributed by atoms with E-state index < -0.39 is 0 Å². The maximum atomic E-state index is 12.7. The van der Waals surface area contributed by atoms with Crippen LogP contribution in [0.2, 0.25) is 0 Å². The fourth-order valence-electron chi connectivity index (χ4n) is 3.63. The molecule has 1 aromatic carbocycles. The molecular formula is C18H22N2O. The predicted molar refractivity (Wildman–Crippen MR) is 84.5 cm³/mol. The fraction of sp³-hybridized carbons (Fsp3) is 0.500. The molecule has 2 N–H and O–H groups in total. The highest BCUT2D eigenvalue weighted by atomic mass is 16.1. The Hall–Kier alpha value is -1.61. The lowest BCUT2D eigenvalue weighted by molar-refractivity contribution is 0.0900. The Kier molecular flexibility index (Phi) is 3.30. The minimum atomic E-state index is -0.00411. The monoisotopic (exact) mass is 282 g/mol. The molecule has 21 heavy (non-hydrogen) atoms. The molecule has 2 fully saturated rings. The van der Waals surface area contributed by atoms with Crippen LogP contribution in [0.15, 0.2) is 30.3 Å². The van der Waals surface area contributed by atoms with Crippen molar-refractivity contribution in [3.05, 3.63) is 36.0 Å². The number of Topliss-reactive ketones (excluding diaryl/α,β-unsaturated/α-hetero) is 1. The molecule has 0 bridgehead atoms. The van der Waals surface area contributed by atoms with Crippen molar-refractivity contribution in [1.82, 2.24) is 10.3 Å². The fourth-order valence-corrected chi connectivity index (χ4v) is 3.63. The van der Waals surface area contributed by atoms with Gasteiger partial charge in [-0.2, -0.15) is 0 Å². The van der Waals surface area contributed by atoms with Crippen molar-refractivity contribution < 1.29 is 4.79 Å². The average Bonchev–Trinajstić information content (AvgIpc) is 3.21. The van der Waals surface area contributed by atoms with Crippen LogP contribution in [0.5, 0.6) is 0 Å². The summed E-state index contributed by atoms with van der Waals surface area (Å²) in [6.45, 7) is 0.980. The second-order valence-electron chi connectivity index (χ2n) is 6.71. The van der Waals surface area contributed by atoms with E-state index in [0.29, 0.717) is 0 Å². The molecule has 1 aliphatic heterocycles. The summed E-state index contributed by atoms with van der Waals surface area (Å²) in [6.07, 6.45) is 6.38. The quantitative estimate of drug-likeness (QED) is 0.843. The molecule has 0 spiro atoms. The van der Waals surface area contributed by atoms with Crippen molar-refractivity contribution in [2.24, 2.45) is 11.8 Å². The largest absolute Gasteiger partial charge is 0.352 e. The highest BCUT2D eigenvalue weighted by Gasteiger charge is 2.32. The molecule has 2 heterocycles. The van der Waals surface area contributed by atoms with E-state index in [1.165, 1.54) is 25.7 Å². The first-order chi connectivity index (χ1) is 10.3. The lowest BCUT2D eigenvalue weighted by Gasteiger charge is -2.29. The highest BCUT2D eigenvalue weighted by molar-refractivity contribution is 6.02. The normalized spacial score (nSPS) is 26.1. The molecule has 1 saturated heterocycles. The zero-order valence-corrected chi connectivity index (χ0v) is 12.3. The molecule has 1 aliphatic carbocycles. The molecule has 2 aliphatic rings. The number of benzene rings is 1. The standard InChI is InChI=1S/C18H22N2O/c21-18(17-11-14-3-1-2-4-15(14)20-17)16-10-13(7-8-19-16)9-12-5-6-12/h1-4,11-13,16,19-20H,5-10H2/t13-,16-/m0/s1. The number of hydrogen-bond acceptors (Lipinski definition) is 2. The van der Waals surface area contributed by atoms with Crippen LogP contribution in [0, 0.1) is 11.8 Å². The number of rotatable bonds is 4. The summed E-state index contributed by atoms with van der Waals surface area (Å²) in [5.74, 6) is 1.92. The van der Waals surface area contributed by atoms with E-state index in [4.69, 9.17) is 0 Å². The van der Waals surface area contributed by atoms with Crippen molar-refractivity contribution >= 4 is 16.7 Å². The molecule has 1 saturated carbocycles. The predicted octanol–water partition coefficient (Wildman–Crippen LogP) is 3.52. The number of carbonyl (C=O) groups is 1. The average molecular weight is 282 g/mol. The van der Waals surface area contributed by atoms with E-state index in [1.54, 1.807) is 0 Å². The number of aromatic amines is 1. The number of nitrogens with one attached hydrogen (secondary N) is 2. The van der Waals surface area contributed by atoms with Crippen molar-refractivity contribution in [3.63, 3.8) is 0 Å². The maximum absolute atomic E-state index is 12.7. The van der Waals surface area contributed by atoms with Crippen LogP contribution in [0.1, 0.15) is 42.6 Å². The van der Waals surface area contributed by atoms with Gasteiger partial charge in [0.15, 0.2) is 5.78 Å². The summed E-state index contributed by atoms with van der Waals surface area (Å²) in [5, 5.41) is 4.53. The van der Waals surface area contributed by atoms with E-state index in [9.17, 15) is 4.79 Å². The van der Waals surface area contributed by atoms with E-state index >= 15 is 0 Å². The molecule has 1 aromatic heterocycles. The number of aromatic nitrogens is 1. The molecule has 4 rings (SSSR count). The van der Waals surface area contributed by atoms with E-state index in [1.807, 2.05) is 30.3 Å². The zero-order valence-electron chi connectivity index (χ0n) is 12.3. The third kappa shape index (κ3) is 2.75. The van der Waals surface area contributed by atoms with Gasteiger partial charge in [0.1, 0.15) is 0 Å². The molecule has 0 unspecified atom stereocenters. The Bertz CT molecular complexity index is 623. The second kappa shape index (κ2) is 5.30. The smallest absolute Gasteiger partial charge is 0.195 e. The minimum Gasteiger partial charge on any atom is -0.352 e. The van der Waals surface area contributed by atoms with Crippen LogP contribution in [0.3, 0.4) is 0 Å². The Morgan fingerprint density at radius 1 is 1.14 bits per heavy atom. The van der Waals surface area contributed by atoms with Crippen LogP contribution in [0.25, 0.3) is 10.9 Å². The van der Waals surface area contributed by atoms with Gasteiger partial charge in [-0.3, -0.25) is 4.79 Å². The van der Waals surface area contributed by atoms with Gasteiger partial charge in [0.05, 0.1) is 11.7 Å². The topological polar surface area (TPSA) is 44.9 Å². The Morgan fingerprint density at radius 3 is 2.81 bits per heavy atom. The van der Waals surface area contributed by atoms with Crippen molar-refractivity contribution in [3.8, 4) is 0 Å². The number of H-pyrrole nitrogens is 1. The van der Waals surface area contributed by atoms with Gasteiger partial charge in [0, 0.05) is 10.9 Å². The van der Waals surface area contributed by atoms with Gasteiger partial charge in [0.25, 0.3) is 0 Å². The summed E-state index contributed by atoms with van der Waals surface area (Å²) in [7, 11) is 0.